The van der Waals surface area contributed by atoms with Gasteiger partial charge in [-0.3, -0.25) is 14.2 Å². The molecule has 0 radical (unpaired) electrons. The molecular weight excluding hydrogens is 626 g/mol. The van der Waals surface area contributed by atoms with E-state index in [4.69, 9.17) is 19.2 Å². The minimum Gasteiger partial charge on any atom is -0.494 e. The number of fused-ring (bicyclic) bond motifs is 1. The Morgan fingerprint density at radius 3 is 2.02 bits per heavy atom. The number of methoxy groups -OCH3 is 2. The third-order valence-electron chi connectivity index (χ3n) is 8.93. The summed E-state index contributed by atoms with van der Waals surface area (Å²) in [4.78, 5) is 36.4. The number of ether oxygens (including phenoxy) is 3. The van der Waals surface area contributed by atoms with Crippen LogP contribution in [0.1, 0.15) is 48.3 Å². The van der Waals surface area contributed by atoms with E-state index in [0.29, 0.717) is 59.2 Å². The SMILES string of the molecule is CCOc1ccc(-n2c(C(C)N(CCc3ccc(OC)c(OC)c3)C(=O)C(c3ccccc3)c3ccccc3)nc3ccccc3c2=O)cc1. The molecule has 1 unspecified atom stereocenters. The second-order valence-electron chi connectivity index (χ2n) is 12.0. The predicted octanol–water partition coefficient (Wildman–Crippen LogP) is 7.77. The molecule has 1 heterocycles. The molecule has 0 aliphatic heterocycles. The first-order valence-corrected chi connectivity index (χ1v) is 16.8. The summed E-state index contributed by atoms with van der Waals surface area (Å²) in [5.41, 5.74) is 3.71. The highest BCUT2D eigenvalue weighted by molar-refractivity contribution is 5.87. The molecule has 0 aliphatic rings. The Bertz CT molecular complexity index is 2070. The molecule has 8 heteroatoms. The zero-order valence-electron chi connectivity index (χ0n) is 28.8. The van der Waals surface area contributed by atoms with Crippen LogP contribution in [0.25, 0.3) is 16.6 Å². The van der Waals surface area contributed by atoms with Crippen LogP contribution < -0.4 is 19.8 Å². The number of para-hydroxylation sites is 1. The van der Waals surface area contributed by atoms with Gasteiger partial charge in [0, 0.05) is 6.54 Å². The van der Waals surface area contributed by atoms with Crippen molar-refractivity contribution in [3.05, 3.63) is 160 Å². The van der Waals surface area contributed by atoms with Gasteiger partial charge in [-0.05, 0) is 85.5 Å². The molecule has 5 aromatic carbocycles. The molecular formula is C42H41N3O5. The van der Waals surface area contributed by atoms with Crippen LogP contribution in [0.4, 0.5) is 0 Å². The fraction of sp³-hybridized carbons (Fsp3) is 0.214. The van der Waals surface area contributed by atoms with Gasteiger partial charge in [-0.1, -0.05) is 78.9 Å². The molecule has 0 aliphatic carbocycles. The minimum absolute atomic E-state index is 0.101. The average Bonchev–Trinajstić information content (AvgIpc) is 3.16. The van der Waals surface area contributed by atoms with Crippen molar-refractivity contribution < 1.29 is 19.0 Å². The summed E-state index contributed by atoms with van der Waals surface area (Å²) in [5, 5.41) is 0.493. The van der Waals surface area contributed by atoms with Gasteiger partial charge in [0.25, 0.3) is 5.56 Å². The van der Waals surface area contributed by atoms with Crippen LogP contribution in [0.15, 0.2) is 132 Å². The van der Waals surface area contributed by atoms with Crippen LogP contribution in [-0.2, 0) is 11.2 Å². The summed E-state index contributed by atoms with van der Waals surface area (Å²) in [5.74, 6) is 1.71. The lowest BCUT2D eigenvalue weighted by molar-refractivity contribution is -0.134. The van der Waals surface area contributed by atoms with Crippen molar-refractivity contribution in [1.29, 1.82) is 0 Å². The van der Waals surface area contributed by atoms with Crippen LogP contribution in [0, 0.1) is 0 Å². The monoisotopic (exact) mass is 667 g/mol. The van der Waals surface area contributed by atoms with Crippen LogP contribution in [0.5, 0.6) is 17.2 Å². The van der Waals surface area contributed by atoms with E-state index in [1.807, 2.05) is 140 Å². The van der Waals surface area contributed by atoms with E-state index >= 15 is 4.79 Å². The predicted molar refractivity (Wildman–Crippen MR) is 197 cm³/mol. The largest absolute Gasteiger partial charge is 0.494 e. The minimum atomic E-state index is -0.610. The number of hydrogen-bond acceptors (Lipinski definition) is 6. The van der Waals surface area contributed by atoms with Gasteiger partial charge in [0.2, 0.25) is 5.91 Å². The summed E-state index contributed by atoms with van der Waals surface area (Å²) in [6, 6.07) is 39.5. The molecule has 0 fully saturated rings. The van der Waals surface area contributed by atoms with Crippen LogP contribution in [0.2, 0.25) is 0 Å². The third kappa shape index (κ3) is 7.10. The Hall–Kier alpha value is -5.89. The van der Waals surface area contributed by atoms with Crippen molar-refractivity contribution in [2.45, 2.75) is 32.2 Å². The van der Waals surface area contributed by atoms with Gasteiger partial charge in [0.15, 0.2) is 11.5 Å². The van der Waals surface area contributed by atoms with Crippen molar-refractivity contribution in [1.82, 2.24) is 14.5 Å². The van der Waals surface area contributed by atoms with E-state index in [2.05, 4.69) is 0 Å². The first-order chi connectivity index (χ1) is 24.4. The van der Waals surface area contributed by atoms with Gasteiger partial charge >= 0.3 is 0 Å². The molecule has 0 N–H and O–H groups in total. The molecule has 0 saturated carbocycles. The zero-order valence-corrected chi connectivity index (χ0v) is 28.8. The topological polar surface area (TPSA) is 82.9 Å². The van der Waals surface area contributed by atoms with Crippen molar-refractivity contribution >= 4 is 16.8 Å². The Morgan fingerprint density at radius 1 is 0.780 bits per heavy atom. The van der Waals surface area contributed by atoms with Crippen LogP contribution >= 0.6 is 0 Å². The van der Waals surface area contributed by atoms with E-state index in [0.717, 1.165) is 16.7 Å². The molecule has 8 nitrogen and oxygen atoms in total. The smallest absolute Gasteiger partial charge is 0.266 e. The Morgan fingerprint density at radius 2 is 1.40 bits per heavy atom. The standard InChI is InChI=1S/C42H41N3O5/c1-5-50-34-23-21-33(22-24-34)45-40(43-36-19-13-12-18-35(36)41(45)46)29(2)44(27-26-30-20-25-37(48-3)38(28-30)49-4)42(47)39(31-14-8-6-9-15-31)32-16-10-7-11-17-32/h6-25,28-29,39H,5,26-27H2,1-4H3. The van der Waals surface area contributed by atoms with Gasteiger partial charge in [-0.15, -0.1) is 0 Å². The van der Waals surface area contributed by atoms with Crippen molar-refractivity contribution in [3.8, 4) is 22.9 Å². The summed E-state index contributed by atoms with van der Waals surface area (Å²) in [6.07, 6.45) is 0.521. The first-order valence-electron chi connectivity index (χ1n) is 16.8. The molecule has 1 atom stereocenters. The lowest BCUT2D eigenvalue weighted by Gasteiger charge is -2.34. The third-order valence-corrected chi connectivity index (χ3v) is 8.93. The van der Waals surface area contributed by atoms with E-state index in [9.17, 15) is 4.79 Å². The summed E-state index contributed by atoms with van der Waals surface area (Å²) < 4.78 is 18.4. The van der Waals surface area contributed by atoms with Crippen LogP contribution in [-0.4, -0.2) is 47.7 Å². The lowest BCUT2D eigenvalue weighted by atomic mass is 9.89. The average molecular weight is 668 g/mol. The molecule has 1 aromatic heterocycles. The van der Waals surface area contributed by atoms with E-state index in [1.54, 1.807) is 24.9 Å². The second kappa shape index (κ2) is 15.6. The van der Waals surface area contributed by atoms with Crippen molar-refractivity contribution in [3.63, 3.8) is 0 Å². The first kappa shape index (κ1) is 34.0. The van der Waals surface area contributed by atoms with Gasteiger partial charge in [-0.25, -0.2) is 4.98 Å². The maximum atomic E-state index is 15.2. The van der Waals surface area contributed by atoms with Gasteiger partial charge in [-0.2, -0.15) is 0 Å². The fourth-order valence-corrected chi connectivity index (χ4v) is 6.39. The maximum absolute atomic E-state index is 15.2. The van der Waals surface area contributed by atoms with Crippen molar-refractivity contribution in [2.75, 3.05) is 27.4 Å². The molecule has 6 aromatic rings. The number of nitrogens with zero attached hydrogens (tertiary/aromatic N) is 3. The summed E-state index contributed by atoms with van der Waals surface area (Å²) in [6.45, 7) is 4.75. The molecule has 50 heavy (non-hydrogen) atoms. The highest BCUT2D eigenvalue weighted by atomic mass is 16.5. The number of rotatable bonds is 13. The van der Waals surface area contributed by atoms with E-state index in [1.165, 1.54) is 0 Å². The molecule has 0 spiro atoms. The zero-order chi connectivity index (χ0) is 35.0. The lowest BCUT2D eigenvalue weighted by Crippen LogP contribution is -2.41. The Labute approximate surface area is 292 Å². The molecule has 1 amide bonds. The van der Waals surface area contributed by atoms with Gasteiger partial charge in [0.05, 0.1) is 49.4 Å². The quantitative estimate of drug-likeness (QED) is 0.125. The normalized spacial score (nSPS) is 11.7. The fourth-order valence-electron chi connectivity index (χ4n) is 6.39. The number of amides is 1. The Kier molecular flexibility index (Phi) is 10.6. The molecule has 0 bridgehead atoms. The number of carbonyl (C=O) groups excluding carboxylic acids is 1. The van der Waals surface area contributed by atoms with Crippen LogP contribution in [0.3, 0.4) is 0 Å². The molecule has 6 rings (SSSR count). The number of benzene rings is 5. The van der Waals surface area contributed by atoms with E-state index in [-0.39, 0.29) is 11.5 Å². The van der Waals surface area contributed by atoms with Gasteiger partial charge < -0.3 is 19.1 Å². The van der Waals surface area contributed by atoms with E-state index < -0.39 is 12.0 Å². The van der Waals surface area contributed by atoms with Gasteiger partial charge in [0.1, 0.15) is 11.6 Å². The highest BCUT2D eigenvalue weighted by Gasteiger charge is 2.33. The highest BCUT2D eigenvalue weighted by Crippen LogP contribution is 2.33. The maximum Gasteiger partial charge on any atom is 0.266 e. The molecule has 0 saturated heterocycles. The molecule has 254 valence electrons. The summed E-state index contributed by atoms with van der Waals surface area (Å²) >= 11 is 0. The van der Waals surface area contributed by atoms with Crippen molar-refractivity contribution in [2.24, 2.45) is 0 Å². The number of carbonyl (C=O) groups is 1. The second-order valence-corrected chi connectivity index (χ2v) is 12.0. The summed E-state index contributed by atoms with van der Waals surface area (Å²) in [7, 11) is 3.21. The number of aromatic nitrogens is 2. The number of hydrogen-bond donors (Lipinski definition) is 0. The Balaban J connectivity index is 1.50.